The van der Waals surface area contributed by atoms with Gasteiger partial charge in [-0.1, -0.05) is 6.07 Å². The van der Waals surface area contributed by atoms with Crippen molar-refractivity contribution in [2.75, 3.05) is 0 Å². The van der Waals surface area contributed by atoms with Gasteiger partial charge in [-0.15, -0.1) is 0 Å². The van der Waals surface area contributed by atoms with Crippen LogP contribution < -0.4 is 0 Å². The van der Waals surface area contributed by atoms with Gasteiger partial charge in [0.25, 0.3) is 0 Å². The lowest BCUT2D eigenvalue weighted by Gasteiger charge is -2.07. The van der Waals surface area contributed by atoms with Gasteiger partial charge in [0.1, 0.15) is 11.3 Å². The third-order valence-corrected chi connectivity index (χ3v) is 3.47. The van der Waals surface area contributed by atoms with Gasteiger partial charge in [-0.2, -0.15) is 5.10 Å². The molecule has 0 amide bonds. The number of rotatable bonds is 1. The minimum absolute atomic E-state index is 0.296. The zero-order chi connectivity index (χ0) is 13.7. The molecule has 6 heteroatoms. The molecule has 0 spiro atoms. The zero-order valence-corrected chi connectivity index (χ0v) is 11.7. The number of aromatic nitrogens is 4. The number of H-pyrrole nitrogens is 1. The van der Waals surface area contributed by atoms with Crippen molar-refractivity contribution in [2.24, 2.45) is 7.05 Å². The van der Waals surface area contributed by atoms with Crippen LogP contribution in [0.1, 0.15) is 11.3 Å². The Labute approximate surface area is 114 Å². The summed E-state index contributed by atoms with van der Waals surface area (Å²) in [5.41, 5.74) is 3.76. The monoisotopic (exact) mass is 276 g/mol. The maximum atomic E-state index is 14.1. The standard InChI is InChI=1S/C13H13FN4S/c1-7-4-5-10(9(14)6-7)18-12-11(15-13(18)19)8(2)16-17(12)3/h4-6H,1-3H3,(H,15,19). The second-order valence-electron chi connectivity index (χ2n) is 4.63. The minimum atomic E-state index is -0.296. The Bertz CT molecular complexity index is 840. The zero-order valence-electron chi connectivity index (χ0n) is 10.9. The number of nitrogens with one attached hydrogen (secondary N) is 1. The summed E-state index contributed by atoms with van der Waals surface area (Å²) >= 11 is 5.30. The highest BCUT2D eigenvalue weighted by Crippen LogP contribution is 2.23. The van der Waals surface area contributed by atoms with Crippen molar-refractivity contribution in [1.29, 1.82) is 0 Å². The summed E-state index contributed by atoms with van der Waals surface area (Å²) in [6.45, 7) is 3.75. The van der Waals surface area contributed by atoms with Crippen LogP contribution >= 0.6 is 12.2 Å². The molecule has 0 saturated carbocycles. The van der Waals surface area contributed by atoms with E-state index < -0.39 is 0 Å². The van der Waals surface area contributed by atoms with Gasteiger partial charge in [-0.05, 0) is 43.8 Å². The lowest BCUT2D eigenvalue weighted by molar-refractivity contribution is 0.615. The smallest absolute Gasteiger partial charge is 0.184 e. The van der Waals surface area contributed by atoms with Crippen LogP contribution in [0.2, 0.25) is 0 Å². The lowest BCUT2D eigenvalue weighted by Crippen LogP contribution is -2.03. The molecule has 0 aliphatic carbocycles. The van der Waals surface area contributed by atoms with Gasteiger partial charge < -0.3 is 4.98 Å². The molecule has 0 aliphatic heterocycles. The Morgan fingerprint density at radius 1 is 1.32 bits per heavy atom. The van der Waals surface area contributed by atoms with Crippen molar-refractivity contribution in [3.05, 3.63) is 40.0 Å². The van der Waals surface area contributed by atoms with Gasteiger partial charge in [0.05, 0.1) is 11.4 Å². The fourth-order valence-electron chi connectivity index (χ4n) is 2.32. The molecule has 19 heavy (non-hydrogen) atoms. The highest BCUT2D eigenvalue weighted by molar-refractivity contribution is 7.71. The van der Waals surface area contributed by atoms with E-state index in [1.54, 1.807) is 15.3 Å². The van der Waals surface area contributed by atoms with Crippen LogP contribution in [0.25, 0.3) is 16.9 Å². The molecule has 2 heterocycles. The second-order valence-corrected chi connectivity index (χ2v) is 5.01. The van der Waals surface area contributed by atoms with Gasteiger partial charge in [-0.3, -0.25) is 4.57 Å². The molecule has 0 atom stereocenters. The molecule has 4 nitrogen and oxygen atoms in total. The Morgan fingerprint density at radius 3 is 2.74 bits per heavy atom. The van der Waals surface area contributed by atoms with Crippen molar-refractivity contribution >= 4 is 23.4 Å². The number of fused-ring (bicyclic) bond motifs is 1. The van der Waals surface area contributed by atoms with E-state index in [0.29, 0.717) is 10.5 Å². The number of imidazole rings is 1. The van der Waals surface area contributed by atoms with Crippen LogP contribution in [0.5, 0.6) is 0 Å². The molecule has 3 aromatic rings. The first-order valence-electron chi connectivity index (χ1n) is 5.90. The van der Waals surface area contributed by atoms with Crippen molar-refractivity contribution in [1.82, 2.24) is 19.3 Å². The van der Waals surface area contributed by atoms with E-state index in [9.17, 15) is 4.39 Å². The summed E-state index contributed by atoms with van der Waals surface area (Å²) in [7, 11) is 1.82. The third kappa shape index (κ3) is 1.71. The molecule has 98 valence electrons. The van der Waals surface area contributed by atoms with Crippen LogP contribution in [0.15, 0.2) is 18.2 Å². The highest BCUT2D eigenvalue weighted by atomic mass is 32.1. The van der Waals surface area contributed by atoms with E-state index in [2.05, 4.69) is 10.1 Å². The van der Waals surface area contributed by atoms with E-state index in [-0.39, 0.29) is 5.82 Å². The normalized spacial score (nSPS) is 11.4. The molecular formula is C13H13FN4S. The minimum Gasteiger partial charge on any atom is -0.327 e. The number of hydrogen-bond acceptors (Lipinski definition) is 2. The Balaban J connectivity index is 2.42. The first-order valence-corrected chi connectivity index (χ1v) is 6.30. The van der Waals surface area contributed by atoms with E-state index in [4.69, 9.17) is 12.2 Å². The van der Waals surface area contributed by atoms with Crippen molar-refractivity contribution in [3.63, 3.8) is 0 Å². The van der Waals surface area contributed by atoms with Crippen LogP contribution in [0.3, 0.4) is 0 Å². The lowest BCUT2D eigenvalue weighted by atomic mass is 10.2. The van der Waals surface area contributed by atoms with Gasteiger partial charge in [0, 0.05) is 7.05 Å². The predicted octanol–water partition coefficient (Wildman–Crippen LogP) is 3.18. The topological polar surface area (TPSA) is 38.5 Å². The van der Waals surface area contributed by atoms with Gasteiger partial charge in [-0.25, -0.2) is 9.07 Å². The van der Waals surface area contributed by atoms with Gasteiger partial charge in [0.15, 0.2) is 10.4 Å². The number of nitrogens with zero attached hydrogens (tertiary/aromatic N) is 3. The van der Waals surface area contributed by atoms with Gasteiger partial charge >= 0.3 is 0 Å². The van der Waals surface area contributed by atoms with Gasteiger partial charge in [0.2, 0.25) is 0 Å². The van der Waals surface area contributed by atoms with Crippen LogP contribution in [-0.2, 0) is 7.05 Å². The summed E-state index contributed by atoms with van der Waals surface area (Å²) in [6, 6.07) is 5.09. The van der Waals surface area contributed by atoms with Crippen molar-refractivity contribution in [2.45, 2.75) is 13.8 Å². The average Bonchev–Trinajstić information content (AvgIpc) is 2.79. The molecule has 0 aliphatic rings. The number of halogens is 1. The summed E-state index contributed by atoms with van der Waals surface area (Å²) in [5.74, 6) is -0.296. The molecule has 1 N–H and O–H groups in total. The quantitative estimate of drug-likeness (QED) is 0.693. The van der Waals surface area contributed by atoms with Crippen molar-refractivity contribution < 1.29 is 4.39 Å². The van der Waals surface area contributed by atoms with E-state index in [0.717, 1.165) is 22.4 Å². The highest BCUT2D eigenvalue weighted by Gasteiger charge is 2.16. The summed E-state index contributed by atoms with van der Waals surface area (Å²) in [4.78, 5) is 3.08. The summed E-state index contributed by atoms with van der Waals surface area (Å²) in [6.07, 6.45) is 0. The number of hydrogen-bond donors (Lipinski definition) is 1. The third-order valence-electron chi connectivity index (χ3n) is 3.18. The van der Waals surface area contributed by atoms with E-state index in [1.807, 2.05) is 27.0 Å². The van der Waals surface area contributed by atoms with E-state index in [1.165, 1.54) is 6.07 Å². The maximum absolute atomic E-state index is 14.1. The Hall–Kier alpha value is -1.95. The average molecular weight is 276 g/mol. The second kappa shape index (κ2) is 4.03. The summed E-state index contributed by atoms with van der Waals surface area (Å²) in [5, 5.41) is 4.32. The molecule has 0 saturated heterocycles. The number of aromatic amines is 1. The largest absolute Gasteiger partial charge is 0.327 e. The maximum Gasteiger partial charge on any atom is 0.184 e. The SMILES string of the molecule is Cc1ccc(-n2c(=S)[nH]c3c(C)nn(C)c32)c(F)c1. The molecule has 0 unspecified atom stereocenters. The molecule has 3 rings (SSSR count). The number of benzene rings is 1. The molecule has 0 bridgehead atoms. The predicted molar refractivity (Wildman–Crippen MR) is 74.7 cm³/mol. The van der Waals surface area contributed by atoms with Crippen LogP contribution in [0, 0.1) is 24.4 Å². The van der Waals surface area contributed by atoms with Crippen LogP contribution in [-0.4, -0.2) is 19.3 Å². The molecular weight excluding hydrogens is 263 g/mol. The van der Waals surface area contributed by atoms with E-state index >= 15 is 0 Å². The van der Waals surface area contributed by atoms with Crippen molar-refractivity contribution in [3.8, 4) is 5.69 Å². The van der Waals surface area contributed by atoms with Crippen LogP contribution in [0.4, 0.5) is 4.39 Å². The first kappa shape index (κ1) is 12.1. The fourth-order valence-corrected chi connectivity index (χ4v) is 2.61. The Morgan fingerprint density at radius 2 is 2.05 bits per heavy atom. The molecule has 2 aromatic heterocycles. The molecule has 0 radical (unpaired) electrons. The molecule has 0 fully saturated rings. The summed E-state index contributed by atoms with van der Waals surface area (Å²) < 4.78 is 18.0. The number of aryl methyl sites for hydroxylation is 3. The first-order chi connectivity index (χ1) is 8.99. The fraction of sp³-hybridized carbons (Fsp3) is 0.231. The molecule has 1 aromatic carbocycles. The Kier molecular flexibility index (Phi) is 2.56.